The first-order chi connectivity index (χ1) is 8.69. The second-order valence-electron chi connectivity index (χ2n) is 3.48. The third-order valence-electron chi connectivity index (χ3n) is 2.11. The van der Waals surface area contributed by atoms with Gasteiger partial charge in [-0.3, -0.25) is 10.1 Å². The number of hydrogen-bond acceptors (Lipinski definition) is 6. The van der Waals surface area contributed by atoms with Crippen LogP contribution in [0.15, 0.2) is 12.1 Å². The Morgan fingerprint density at radius 1 is 1.56 bits per heavy atom. The molecule has 0 aromatic carbocycles. The van der Waals surface area contributed by atoms with E-state index < -0.39 is 4.92 Å². The first-order valence-electron chi connectivity index (χ1n) is 5.58. The van der Waals surface area contributed by atoms with Gasteiger partial charge in [0.15, 0.2) is 0 Å². The Hall–Kier alpha value is -2.20. The molecule has 0 aliphatic carbocycles. The lowest BCUT2D eigenvalue weighted by Gasteiger charge is -2.06. The molecule has 18 heavy (non-hydrogen) atoms. The van der Waals surface area contributed by atoms with Gasteiger partial charge in [-0.2, -0.15) is 10.2 Å². The summed E-state index contributed by atoms with van der Waals surface area (Å²) in [6.45, 7) is 4.02. The Morgan fingerprint density at radius 3 is 2.94 bits per heavy atom. The fraction of sp³-hybridized carbons (Fsp3) is 0.455. The van der Waals surface area contributed by atoms with Gasteiger partial charge in [0.1, 0.15) is 12.7 Å². The van der Waals surface area contributed by atoms with Gasteiger partial charge in [0.05, 0.1) is 4.92 Å². The molecule has 0 spiro atoms. The van der Waals surface area contributed by atoms with Crippen LogP contribution in [-0.2, 0) is 0 Å². The summed E-state index contributed by atoms with van der Waals surface area (Å²) in [5.74, 6) is 0.218. The Morgan fingerprint density at radius 2 is 2.33 bits per heavy atom. The van der Waals surface area contributed by atoms with Crippen molar-refractivity contribution < 1.29 is 9.66 Å². The standard InChI is InChI=1S/C11H14N4O3/c1-2-5-13-6-7-18-11-4-3-10(15(16)17)9(8-12)14-11/h3-4,13H,2,5-7H2,1H3. The van der Waals surface area contributed by atoms with Gasteiger partial charge in [-0.1, -0.05) is 6.92 Å². The fourth-order valence-electron chi connectivity index (χ4n) is 1.27. The highest BCUT2D eigenvalue weighted by atomic mass is 16.6. The number of hydrogen-bond donors (Lipinski definition) is 1. The topological polar surface area (TPSA) is 101 Å². The molecule has 0 aliphatic rings. The van der Waals surface area contributed by atoms with E-state index >= 15 is 0 Å². The molecular weight excluding hydrogens is 236 g/mol. The van der Waals surface area contributed by atoms with Crippen LogP contribution >= 0.6 is 0 Å². The first kappa shape index (κ1) is 13.9. The SMILES string of the molecule is CCCNCCOc1ccc([N+](=O)[O-])c(C#N)n1. The summed E-state index contributed by atoms with van der Waals surface area (Å²) in [6.07, 6.45) is 1.04. The normalized spacial score (nSPS) is 9.78. The molecule has 0 fully saturated rings. The lowest BCUT2D eigenvalue weighted by molar-refractivity contribution is -0.385. The second kappa shape index (κ2) is 7.19. The highest BCUT2D eigenvalue weighted by molar-refractivity contribution is 5.45. The summed E-state index contributed by atoms with van der Waals surface area (Å²) in [4.78, 5) is 13.7. The quantitative estimate of drug-likeness (QED) is 0.444. The second-order valence-corrected chi connectivity index (χ2v) is 3.48. The zero-order valence-electron chi connectivity index (χ0n) is 10.0. The molecule has 1 rings (SSSR count). The zero-order chi connectivity index (χ0) is 13.4. The number of nitrogens with one attached hydrogen (secondary N) is 1. The van der Waals surface area contributed by atoms with E-state index in [0.717, 1.165) is 13.0 Å². The number of nitrogens with zero attached hydrogens (tertiary/aromatic N) is 3. The minimum atomic E-state index is -0.641. The predicted octanol–water partition coefficient (Wildman–Crippen LogP) is 1.24. The van der Waals surface area contributed by atoms with Gasteiger partial charge in [-0.25, -0.2) is 0 Å². The minimum Gasteiger partial charge on any atom is -0.476 e. The lowest BCUT2D eigenvalue weighted by Crippen LogP contribution is -2.21. The van der Waals surface area contributed by atoms with Gasteiger partial charge >= 0.3 is 5.69 Å². The first-order valence-corrected chi connectivity index (χ1v) is 5.58. The summed E-state index contributed by atoms with van der Waals surface area (Å²) in [7, 11) is 0. The summed E-state index contributed by atoms with van der Waals surface area (Å²) in [5.41, 5.74) is -0.548. The molecule has 0 saturated heterocycles. The molecule has 1 heterocycles. The van der Waals surface area contributed by atoms with E-state index in [4.69, 9.17) is 10.00 Å². The predicted molar refractivity (Wildman–Crippen MR) is 64.3 cm³/mol. The van der Waals surface area contributed by atoms with Crippen LogP contribution in [0, 0.1) is 21.4 Å². The van der Waals surface area contributed by atoms with E-state index in [1.807, 2.05) is 0 Å². The van der Waals surface area contributed by atoms with Crippen molar-refractivity contribution in [3.05, 3.63) is 27.9 Å². The summed E-state index contributed by atoms with van der Waals surface area (Å²) in [5, 5.41) is 22.5. The molecule has 0 amide bonds. The van der Waals surface area contributed by atoms with Gasteiger partial charge in [0, 0.05) is 18.7 Å². The molecule has 0 atom stereocenters. The fourth-order valence-corrected chi connectivity index (χ4v) is 1.27. The minimum absolute atomic E-state index is 0.218. The maximum Gasteiger partial charge on any atom is 0.305 e. The van der Waals surface area contributed by atoms with Crippen LogP contribution in [0.3, 0.4) is 0 Å². The smallest absolute Gasteiger partial charge is 0.305 e. The van der Waals surface area contributed by atoms with Crippen LogP contribution in [0.5, 0.6) is 5.88 Å². The lowest BCUT2D eigenvalue weighted by atomic mass is 10.3. The molecule has 96 valence electrons. The Bertz CT molecular complexity index is 456. The Labute approximate surface area is 105 Å². The number of rotatable bonds is 7. The summed E-state index contributed by atoms with van der Waals surface area (Å²) < 4.78 is 5.28. The molecular formula is C11H14N4O3. The summed E-state index contributed by atoms with van der Waals surface area (Å²) >= 11 is 0. The number of ether oxygens (including phenoxy) is 1. The van der Waals surface area contributed by atoms with Crippen molar-refractivity contribution >= 4 is 5.69 Å². The van der Waals surface area contributed by atoms with Gasteiger partial charge in [0.2, 0.25) is 11.6 Å². The number of aromatic nitrogens is 1. The maximum absolute atomic E-state index is 10.6. The van der Waals surface area contributed by atoms with E-state index in [2.05, 4.69) is 17.2 Å². The van der Waals surface area contributed by atoms with Crippen LogP contribution in [0.25, 0.3) is 0 Å². The van der Waals surface area contributed by atoms with Crippen molar-refractivity contribution in [1.29, 1.82) is 5.26 Å². The molecule has 7 heteroatoms. The van der Waals surface area contributed by atoms with Gasteiger partial charge in [-0.15, -0.1) is 0 Å². The van der Waals surface area contributed by atoms with Gasteiger partial charge in [-0.05, 0) is 13.0 Å². The van der Waals surface area contributed by atoms with Crippen LogP contribution in [-0.4, -0.2) is 29.6 Å². The maximum atomic E-state index is 10.6. The Kier molecular flexibility index (Phi) is 5.54. The van der Waals surface area contributed by atoms with E-state index in [1.165, 1.54) is 12.1 Å². The van der Waals surface area contributed by atoms with E-state index in [0.29, 0.717) is 13.2 Å². The van der Waals surface area contributed by atoms with E-state index in [1.54, 1.807) is 6.07 Å². The summed E-state index contributed by atoms with van der Waals surface area (Å²) in [6, 6.07) is 4.29. The molecule has 0 bridgehead atoms. The van der Waals surface area contributed by atoms with Crippen molar-refractivity contribution in [2.45, 2.75) is 13.3 Å². The van der Waals surface area contributed by atoms with Crippen LogP contribution in [0.1, 0.15) is 19.0 Å². The molecule has 0 radical (unpaired) electrons. The zero-order valence-corrected chi connectivity index (χ0v) is 10.0. The largest absolute Gasteiger partial charge is 0.476 e. The van der Waals surface area contributed by atoms with Crippen molar-refractivity contribution in [3.63, 3.8) is 0 Å². The molecule has 1 aromatic rings. The molecule has 0 aliphatic heterocycles. The average molecular weight is 250 g/mol. The molecule has 0 saturated carbocycles. The van der Waals surface area contributed by atoms with Crippen molar-refractivity contribution in [1.82, 2.24) is 10.3 Å². The Balaban J connectivity index is 2.58. The molecule has 0 unspecified atom stereocenters. The van der Waals surface area contributed by atoms with Crippen LogP contribution in [0.4, 0.5) is 5.69 Å². The van der Waals surface area contributed by atoms with Crippen LogP contribution < -0.4 is 10.1 Å². The number of nitriles is 1. The average Bonchev–Trinajstić information content (AvgIpc) is 2.38. The van der Waals surface area contributed by atoms with Crippen molar-refractivity contribution in [2.75, 3.05) is 19.7 Å². The third kappa shape index (κ3) is 3.99. The van der Waals surface area contributed by atoms with E-state index in [9.17, 15) is 10.1 Å². The van der Waals surface area contributed by atoms with E-state index in [-0.39, 0.29) is 17.3 Å². The van der Waals surface area contributed by atoms with Crippen molar-refractivity contribution in [2.24, 2.45) is 0 Å². The number of nitro groups is 1. The van der Waals surface area contributed by atoms with Gasteiger partial charge in [0.25, 0.3) is 0 Å². The molecule has 1 N–H and O–H groups in total. The monoisotopic (exact) mass is 250 g/mol. The van der Waals surface area contributed by atoms with Crippen LogP contribution in [0.2, 0.25) is 0 Å². The van der Waals surface area contributed by atoms with Crippen molar-refractivity contribution in [3.8, 4) is 11.9 Å². The highest BCUT2D eigenvalue weighted by Gasteiger charge is 2.15. The number of pyridine rings is 1. The third-order valence-corrected chi connectivity index (χ3v) is 2.11. The van der Waals surface area contributed by atoms with Gasteiger partial charge < -0.3 is 10.1 Å². The molecule has 7 nitrogen and oxygen atoms in total. The highest BCUT2D eigenvalue weighted by Crippen LogP contribution is 2.19. The molecule has 1 aromatic heterocycles.